The summed E-state index contributed by atoms with van der Waals surface area (Å²) in [7, 11) is 0. The Hall–Kier alpha value is -0.280. The van der Waals surface area contributed by atoms with Gasteiger partial charge in [-0.15, -0.1) is 0 Å². The average Bonchev–Trinajstić information content (AvgIpc) is 1.89. The van der Waals surface area contributed by atoms with E-state index in [1.807, 2.05) is 0 Å². The fourth-order valence-corrected chi connectivity index (χ4v) is 0.614. The van der Waals surface area contributed by atoms with Crippen LogP contribution >= 0.6 is 0 Å². The summed E-state index contributed by atoms with van der Waals surface area (Å²) in [6.07, 6.45) is 1.82. The van der Waals surface area contributed by atoms with Crippen LogP contribution < -0.4 is 12.4 Å². The molecule has 11 heavy (non-hydrogen) atoms. The zero-order valence-electron chi connectivity index (χ0n) is 6.68. The van der Waals surface area contributed by atoms with Crippen molar-refractivity contribution in [3.8, 4) is 0 Å². The van der Waals surface area contributed by atoms with E-state index in [4.69, 9.17) is 5.11 Å². The minimum atomic E-state index is -0.170. The van der Waals surface area contributed by atoms with Crippen LogP contribution in [0.3, 0.4) is 0 Å². The van der Waals surface area contributed by atoms with Gasteiger partial charge >= 0.3 is 5.97 Å². The zero-order chi connectivity index (χ0) is 7.82. The molecular weight excluding hydrogens is 168 g/mol. The van der Waals surface area contributed by atoms with Crippen LogP contribution in [0.4, 0.5) is 0 Å². The topological polar surface area (TPSA) is 46.5 Å². The Labute approximate surface area is 73.2 Å². The number of carbonyl (C=O) groups excluding carboxylic acids is 1. The highest BCUT2D eigenvalue weighted by Gasteiger charge is 1.98. The van der Waals surface area contributed by atoms with Gasteiger partial charge in [0.1, 0.15) is 0 Å². The summed E-state index contributed by atoms with van der Waals surface area (Å²) < 4.78 is 4.67. The molecule has 1 N–H and O–H groups in total. The molecule has 0 saturated carbocycles. The fraction of sp³-hybridized carbons (Fsp3) is 0.857. The standard InChI is InChI=1S/C7H14O3.ClH/c1-2-10-7(9)5-3-4-6-8;/h8H,2-6H2,1H3;1H/p-1. The van der Waals surface area contributed by atoms with E-state index < -0.39 is 0 Å². The van der Waals surface area contributed by atoms with Crippen molar-refractivity contribution in [3.05, 3.63) is 0 Å². The lowest BCUT2D eigenvalue weighted by Gasteiger charge is -1.98. The van der Waals surface area contributed by atoms with Crippen molar-refractivity contribution in [1.29, 1.82) is 0 Å². The Morgan fingerprint density at radius 2 is 2.09 bits per heavy atom. The SMILES string of the molecule is CCOC(=O)CCCCO.[Cl-]. The fourth-order valence-electron chi connectivity index (χ4n) is 0.614. The third-order valence-corrected chi connectivity index (χ3v) is 1.09. The van der Waals surface area contributed by atoms with Gasteiger partial charge in [-0.2, -0.15) is 0 Å². The van der Waals surface area contributed by atoms with Gasteiger partial charge in [0.05, 0.1) is 6.61 Å². The number of unbranched alkanes of at least 4 members (excludes halogenated alkanes) is 1. The van der Waals surface area contributed by atoms with E-state index in [9.17, 15) is 4.79 Å². The summed E-state index contributed by atoms with van der Waals surface area (Å²) in [6.45, 7) is 2.38. The number of carbonyl (C=O) groups is 1. The highest BCUT2D eigenvalue weighted by molar-refractivity contribution is 5.69. The Bertz CT molecular complexity index is 95.7. The van der Waals surface area contributed by atoms with Gasteiger partial charge in [-0.3, -0.25) is 4.79 Å². The number of ether oxygens (including phenoxy) is 1. The summed E-state index contributed by atoms with van der Waals surface area (Å²) in [5.41, 5.74) is 0. The van der Waals surface area contributed by atoms with Crippen molar-refractivity contribution >= 4 is 5.97 Å². The third kappa shape index (κ3) is 9.72. The summed E-state index contributed by atoms with van der Waals surface area (Å²) in [4.78, 5) is 10.6. The van der Waals surface area contributed by atoms with Gasteiger partial charge < -0.3 is 22.3 Å². The molecular formula is C7H14ClO3-. The lowest BCUT2D eigenvalue weighted by atomic mass is 10.2. The second-order valence-electron chi connectivity index (χ2n) is 1.99. The largest absolute Gasteiger partial charge is 1.00 e. The molecule has 0 aliphatic heterocycles. The monoisotopic (exact) mass is 181 g/mol. The maximum Gasteiger partial charge on any atom is 0.305 e. The highest BCUT2D eigenvalue weighted by atomic mass is 35.5. The van der Waals surface area contributed by atoms with Crippen molar-refractivity contribution in [2.24, 2.45) is 0 Å². The van der Waals surface area contributed by atoms with Crippen molar-refractivity contribution in [2.75, 3.05) is 13.2 Å². The lowest BCUT2D eigenvalue weighted by Crippen LogP contribution is -3.00. The molecule has 0 rings (SSSR count). The molecule has 0 aromatic heterocycles. The molecule has 0 radical (unpaired) electrons. The number of rotatable bonds is 5. The Morgan fingerprint density at radius 1 is 1.45 bits per heavy atom. The van der Waals surface area contributed by atoms with Gasteiger partial charge in [-0.1, -0.05) is 0 Å². The van der Waals surface area contributed by atoms with Crippen molar-refractivity contribution < 1.29 is 27.0 Å². The molecule has 0 aliphatic rings. The molecule has 0 heterocycles. The molecule has 0 amide bonds. The van der Waals surface area contributed by atoms with Crippen LogP contribution in [0, 0.1) is 0 Å². The summed E-state index contributed by atoms with van der Waals surface area (Å²) in [5, 5.41) is 8.36. The Morgan fingerprint density at radius 3 is 2.55 bits per heavy atom. The molecule has 0 spiro atoms. The quantitative estimate of drug-likeness (QED) is 0.384. The number of halogens is 1. The number of esters is 1. The van der Waals surface area contributed by atoms with Gasteiger partial charge in [0, 0.05) is 13.0 Å². The van der Waals surface area contributed by atoms with Gasteiger partial charge in [-0.25, -0.2) is 0 Å². The zero-order valence-corrected chi connectivity index (χ0v) is 7.43. The molecule has 0 saturated heterocycles. The van der Waals surface area contributed by atoms with Crippen LogP contribution in [-0.2, 0) is 9.53 Å². The summed E-state index contributed by atoms with van der Waals surface area (Å²) in [5.74, 6) is -0.170. The van der Waals surface area contributed by atoms with Gasteiger partial charge in [0.15, 0.2) is 0 Å². The van der Waals surface area contributed by atoms with E-state index in [0.717, 1.165) is 6.42 Å². The van der Waals surface area contributed by atoms with Crippen LogP contribution in [0.25, 0.3) is 0 Å². The minimum absolute atomic E-state index is 0. The van der Waals surface area contributed by atoms with Gasteiger partial charge in [0.25, 0.3) is 0 Å². The molecule has 0 aromatic rings. The maximum atomic E-state index is 10.6. The minimum Gasteiger partial charge on any atom is -1.00 e. The number of aliphatic hydroxyl groups is 1. The van der Waals surface area contributed by atoms with E-state index in [1.54, 1.807) is 6.92 Å². The molecule has 4 heteroatoms. The van der Waals surface area contributed by atoms with Crippen molar-refractivity contribution in [2.45, 2.75) is 26.2 Å². The first kappa shape index (κ1) is 13.3. The van der Waals surface area contributed by atoms with Crippen molar-refractivity contribution in [1.82, 2.24) is 0 Å². The van der Waals surface area contributed by atoms with Crippen LogP contribution in [0.15, 0.2) is 0 Å². The van der Waals surface area contributed by atoms with E-state index in [1.165, 1.54) is 0 Å². The maximum absolute atomic E-state index is 10.6. The summed E-state index contributed by atoms with van der Waals surface area (Å²) in [6, 6.07) is 0. The molecule has 0 aromatic carbocycles. The molecule has 0 fully saturated rings. The average molecular weight is 182 g/mol. The van der Waals surface area contributed by atoms with Gasteiger partial charge in [0.2, 0.25) is 0 Å². The number of hydrogen-bond acceptors (Lipinski definition) is 3. The normalized spacial score (nSPS) is 8.55. The molecule has 0 aliphatic carbocycles. The first-order chi connectivity index (χ1) is 4.81. The van der Waals surface area contributed by atoms with Crippen LogP contribution in [0.5, 0.6) is 0 Å². The van der Waals surface area contributed by atoms with Crippen LogP contribution in [0.2, 0.25) is 0 Å². The number of hydrogen-bond donors (Lipinski definition) is 1. The van der Waals surface area contributed by atoms with Crippen LogP contribution in [0.1, 0.15) is 26.2 Å². The van der Waals surface area contributed by atoms with E-state index in [2.05, 4.69) is 4.74 Å². The van der Waals surface area contributed by atoms with E-state index in [-0.39, 0.29) is 25.0 Å². The first-order valence-electron chi connectivity index (χ1n) is 3.57. The summed E-state index contributed by atoms with van der Waals surface area (Å²) >= 11 is 0. The second kappa shape index (κ2) is 9.72. The Balaban J connectivity index is 0. The predicted molar refractivity (Wildman–Crippen MR) is 37.6 cm³/mol. The third-order valence-electron chi connectivity index (χ3n) is 1.09. The molecule has 0 atom stereocenters. The first-order valence-corrected chi connectivity index (χ1v) is 3.57. The van der Waals surface area contributed by atoms with E-state index >= 15 is 0 Å². The highest BCUT2D eigenvalue weighted by Crippen LogP contribution is 1.95. The van der Waals surface area contributed by atoms with E-state index in [0.29, 0.717) is 19.4 Å². The Kier molecular flexibility index (Phi) is 11.8. The smallest absolute Gasteiger partial charge is 0.305 e. The second-order valence-corrected chi connectivity index (χ2v) is 1.99. The number of aliphatic hydroxyl groups excluding tert-OH is 1. The molecule has 68 valence electrons. The van der Waals surface area contributed by atoms with Gasteiger partial charge in [-0.05, 0) is 19.8 Å². The molecule has 3 nitrogen and oxygen atoms in total. The van der Waals surface area contributed by atoms with Crippen LogP contribution in [-0.4, -0.2) is 24.3 Å². The van der Waals surface area contributed by atoms with Crippen molar-refractivity contribution in [3.63, 3.8) is 0 Å². The molecule has 0 unspecified atom stereocenters. The predicted octanol–water partition coefficient (Wildman–Crippen LogP) is -2.28. The molecule has 0 bridgehead atoms. The lowest BCUT2D eigenvalue weighted by molar-refractivity contribution is -0.143.